The number of benzene rings is 1. The van der Waals surface area contributed by atoms with E-state index in [1.807, 2.05) is 40.1 Å². The number of para-hydroxylation sites is 1. The molecule has 2 saturated heterocycles. The summed E-state index contributed by atoms with van der Waals surface area (Å²) in [5.41, 5.74) is 0. The van der Waals surface area contributed by atoms with Crippen molar-refractivity contribution in [1.29, 1.82) is 0 Å². The Bertz CT molecular complexity index is 460. The molecule has 2 aliphatic heterocycles. The van der Waals surface area contributed by atoms with Gasteiger partial charge in [-0.05, 0) is 38.1 Å². The summed E-state index contributed by atoms with van der Waals surface area (Å²) >= 11 is 0. The molecule has 0 aromatic heterocycles. The van der Waals surface area contributed by atoms with Crippen LogP contribution in [0.4, 0.5) is 4.79 Å². The molecule has 0 unspecified atom stereocenters. The summed E-state index contributed by atoms with van der Waals surface area (Å²) in [7, 11) is 0. The normalized spacial score (nSPS) is 20.1. The minimum atomic E-state index is 0.179. The first-order chi connectivity index (χ1) is 10.3. The molecule has 0 aliphatic carbocycles. The van der Waals surface area contributed by atoms with Crippen LogP contribution in [0.15, 0.2) is 30.3 Å². The largest absolute Gasteiger partial charge is 0.492 e. The van der Waals surface area contributed by atoms with Crippen molar-refractivity contribution in [2.45, 2.75) is 18.9 Å². The van der Waals surface area contributed by atoms with Gasteiger partial charge in [-0.1, -0.05) is 18.2 Å². The number of rotatable bonds is 5. The van der Waals surface area contributed by atoms with Gasteiger partial charge in [0.25, 0.3) is 0 Å². The Balaban J connectivity index is 1.45. The third-order valence-electron chi connectivity index (χ3n) is 4.25. The van der Waals surface area contributed by atoms with Crippen LogP contribution in [0.2, 0.25) is 0 Å². The van der Waals surface area contributed by atoms with Crippen molar-refractivity contribution in [1.82, 2.24) is 15.1 Å². The molecule has 1 aromatic rings. The maximum atomic E-state index is 12.4. The van der Waals surface area contributed by atoms with Gasteiger partial charge < -0.3 is 19.9 Å². The van der Waals surface area contributed by atoms with Crippen LogP contribution in [0.1, 0.15) is 12.8 Å². The summed E-state index contributed by atoms with van der Waals surface area (Å²) in [5, 5.41) is 3.35. The molecule has 0 bridgehead atoms. The molecular formula is C16H23N3O2. The van der Waals surface area contributed by atoms with Crippen molar-refractivity contribution in [3.63, 3.8) is 0 Å². The van der Waals surface area contributed by atoms with Crippen LogP contribution in [0.25, 0.3) is 0 Å². The zero-order valence-electron chi connectivity index (χ0n) is 12.3. The summed E-state index contributed by atoms with van der Waals surface area (Å²) in [6, 6.07) is 10.3. The second kappa shape index (κ2) is 6.80. The summed E-state index contributed by atoms with van der Waals surface area (Å²) in [5.74, 6) is 0.861. The Morgan fingerprint density at radius 1 is 1.14 bits per heavy atom. The van der Waals surface area contributed by atoms with E-state index in [9.17, 15) is 4.79 Å². The maximum Gasteiger partial charge on any atom is 0.320 e. The van der Waals surface area contributed by atoms with E-state index in [1.54, 1.807) is 0 Å². The summed E-state index contributed by atoms with van der Waals surface area (Å²) in [6.07, 6.45) is 2.14. The summed E-state index contributed by atoms with van der Waals surface area (Å²) in [6.45, 7) is 4.93. The van der Waals surface area contributed by atoms with Gasteiger partial charge in [-0.25, -0.2) is 4.79 Å². The molecule has 2 amide bonds. The second-order valence-corrected chi connectivity index (χ2v) is 5.61. The van der Waals surface area contributed by atoms with E-state index in [1.165, 1.54) is 0 Å². The first-order valence-corrected chi connectivity index (χ1v) is 7.79. The van der Waals surface area contributed by atoms with Gasteiger partial charge in [0, 0.05) is 19.1 Å². The average molecular weight is 289 g/mol. The molecule has 5 heteroatoms. The SMILES string of the molecule is O=C1N(CCOc2ccccc2)CCN1C1CCNCC1. The van der Waals surface area contributed by atoms with E-state index in [4.69, 9.17) is 4.74 Å². The van der Waals surface area contributed by atoms with Crippen LogP contribution in [0.3, 0.4) is 0 Å². The lowest BCUT2D eigenvalue weighted by Gasteiger charge is -2.31. The molecule has 0 radical (unpaired) electrons. The van der Waals surface area contributed by atoms with E-state index in [0.717, 1.165) is 44.8 Å². The zero-order chi connectivity index (χ0) is 14.5. The fourth-order valence-electron chi connectivity index (χ4n) is 3.06. The Labute approximate surface area is 125 Å². The number of ether oxygens (including phenoxy) is 1. The minimum Gasteiger partial charge on any atom is -0.492 e. The van der Waals surface area contributed by atoms with Crippen molar-refractivity contribution in [2.24, 2.45) is 0 Å². The number of hydrogen-bond donors (Lipinski definition) is 1. The van der Waals surface area contributed by atoms with Crippen LogP contribution >= 0.6 is 0 Å². The average Bonchev–Trinajstić information content (AvgIpc) is 2.90. The van der Waals surface area contributed by atoms with E-state index in [0.29, 0.717) is 19.2 Å². The molecule has 3 rings (SSSR count). The lowest BCUT2D eigenvalue weighted by Crippen LogP contribution is -2.45. The molecule has 2 aliphatic rings. The standard InChI is InChI=1S/C16H23N3O2/c20-16-18(12-13-21-15-4-2-1-3-5-15)10-11-19(16)14-6-8-17-9-7-14/h1-5,14,17H,6-13H2. The van der Waals surface area contributed by atoms with Gasteiger partial charge in [-0.3, -0.25) is 0 Å². The number of urea groups is 1. The number of carbonyl (C=O) groups is 1. The monoisotopic (exact) mass is 289 g/mol. The van der Waals surface area contributed by atoms with Crippen molar-refractivity contribution >= 4 is 6.03 Å². The van der Waals surface area contributed by atoms with Gasteiger partial charge in [-0.2, -0.15) is 0 Å². The number of nitrogens with one attached hydrogen (secondary N) is 1. The highest BCUT2D eigenvalue weighted by molar-refractivity contribution is 5.76. The molecule has 0 atom stereocenters. The molecule has 1 N–H and O–H groups in total. The van der Waals surface area contributed by atoms with Gasteiger partial charge in [0.05, 0.1) is 6.54 Å². The third-order valence-corrected chi connectivity index (χ3v) is 4.25. The zero-order valence-corrected chi connectivity index (χ0v) is 12.3. The fourth-order valence-corrected chi connectivity index (χ4v) is 3.06. The Morgan fingerprint density at radius 2 is 1.90 bits per heavy atom. The molecule has 2 heterocycles. The predicted octanol–water partition coefficient (Wildman–Crippen LogP) is 1.55. The third kappa shape index (κ3) is 3.47. The van der Waals surface area contributed by atoms with Crippen LogP contribution in [0.5, 0.6) is 5.75 Å². The van der Waals surface area contributed by atoms with Crippen LogP contribution in [-0.2, 0) is 0 Å². The van der Waals surface area contributed by atoms with E-state index >= 15 is 0 Å². The van der Waals surface area contributed by atoms with Gasteiger partial charge in [0.1, 0.15) is 12.4 Å². The van der Waals surface area contributed by atoms with Gasteiger partial charge in [0.2, 0.25) is 0 Å². The Morgan fingerprint density at radius 3 is 2.67 bits per heavy atom. The van der Waals surface area contributed by atoms with Crippen molar-refractivity contribution in [3.8, 4) is 5.75 Å². The quantitative estimate of drug-likeness (QED) is 0.894. The van der Waals surface area contributed by atoms with Crippen molar-refractivity contribution in [3.05, 3.63) is 30.3 Å². The lowest BCUT2D eigenvalue weighted by atomic mass is 10.1. The van der Waals surface area contributed by atoms with Gasteiger partial charge in [0.15, 0.2) is 0 Å². The molecular weight excluding hydrogens is 266 g/mol. The molecule has 0 spiro atoms. The number of carbonyl (C=O) groups excluding carboxylic acids is 1. The number of nitrogens with zero attached hydrogens (tertiary/aromatic N) is 2. The molecule has 2 fully saturated rings. The van der Waals surface area contributed by atoms with Crippen LogP contribution in [0, 0.1) is 0 Å². The van der Waals surface area contributed by atoms with E-state index < -0.39 is 0 Å². The molecule has 1 aromatic carbocycles. The molecule has 21 heavy (non-hydrogen) atoms. The van der Waals surface area contributed by atoms with Crippen molar-refractivity contribution < 1.29 is 9.53 Å². The number of amides is 2. The first kappa shape index (κ1) is 14.2. The maximum absolute atomic E-state index is 12.4. The highest BCUT2D eigenvalue weighted by atomic mass is 16.5. The van der Waals surface area contributed by atoms with E-state index in [2.05, 4.69) is 5.32 Å². The summed E-state index contributed by atoms with van der Waals surface area (Å²) in [4.78, 5) is 16.4. The van der Waals surface area contributed by atoms with Crippen LogP contribution in [-0.4, -0.2) is 61.2 Å². The molecule has 114 valence electrons. The Hall–Kier alpha value is -1.75. The topological polar surface area (TPSA) is 44.8 Å². The minimum absolute atomic E-state index is 0.179. The van der Waals surface area contributed by atoms with Gasteiger partial charge in [-0.15, -0.1) is 0 Å². The lowest BCUT2D eigenvalue weighted by molar-refractivity contribution is 0.160. The van der Waals surface area contributed by atoms with E-state index in [-0.39, 0.29) is 6.03 Å². The summed E-state index contributed by atoms with van der Waals surface area (Å²) < 4.78 is 5.67. The predicted molar refractivity (Wildman–Crippen MR) is 81.5 cm³/mol. The number of piperidine rings is 1. The van der Waals surface area contributed by atoms with Gasteiger partial charge >= 0.3 is 6.03 Å². The number of hydrogen-bond acceptors (Lipinski definition) is 3. The Kier molecular flexibility index (Phi) is 4.60. The van der Waals surface area contributed by atoms with Crippen molar-refractivity contribution in [2.75, 3.05) is 39.3 Å². The smallest absolute Gasteiger partial charge is 0.320 e. The first-order valence-electron chi connectivity index (χ1n) is 7.79. The highest BCUT2D eigenvalue weighted by Crippen LogP contribution is 2.18. The highest BCUT2D eigenvalue weighted by Gasteiger charge is 2.33. The fraction of sp³-hybridized carbons (Fsp3) is 0.562. The molecule has 0 saturated carbocycles. The van der Waals surface area contributed by atoms with Crippen LogP contribution < -0.4 is 10.1 Å². The second-order valence-electron chi connectivity index (χ2n) is 5.61. The molecule has 5 nitrogen and oxygen atoms in total.